The summed E-state index contributed by atoms with van der Waals surface area (Å²) in [5, 5.41) is 12.6. The molecule has 0 saturated heterocycles. The van der Waals surface area contributed by atoms with Gasteiger partial charge in [-0.2, -0.15) is 0 Å². The van der Waals surface area contributed by atoms with Gasteiger partial charge in [0.2, 0.25) is 5.91 Å². The van der Waals surface area contributed by atoms with Gasteiger partial charge in [-0.15, -0.1) is 11.3 Å². The number of halogens is 1. The molecule has 2 aromatic rings. The number of rotatable bonds is 4. The summed E-state index contributed by atoms with van der Waals surface area (Å²) in [6.45, 7) is 3.29. The van der Waals surface area contributed by atoms with Gasteiger partial charge < -0.3 is 10.4 Å². The number of amides is 1. The Morgan fingerprint density at radius 2 is 2.05 bits per heavy atom. The number of hydrogen-bond donors (Lipinski definition) is 2. The second-order valence-electron chi connectivity index (χ2n) is 4.46. The van der Waals surface area contributed by atoms with Crippen LogP contribution in [0.25, 0.3) is 0 Å². The highest BCUT2D eigenvalue weighted by molar-refractivity contribution is 7.13. The van der Waals surface area contributed by atoms with Crippen molar-refractivity contribution in [2.24, 2.45) is 0 Å². The van der Waals surface area contributed by atoms with Crippen molar-refractivity contribution in [2.75, 3.05) is 5.32 Å². The number of thiazole rings is 1. The van der Waals surface area contributed by atoms with E-state index in [4.69, 9.17) is 16.7 Å². The van der Waals surface area contributed by atoms with Gasteiger partial charge in [0.1, 0.15) is 9.88 Å². The molecule has 0 fully saturated rings. The van der Waals surface area contributed by atoms with Crippen LogP contribution in [0, 0.1) is 6.92 Å². The minimum Gasteiger partial charge on any atom is -0.477 e. The van der Waals surface area contributed by atoms with E-state index < -0.39 is 11.9 Å². The summed E-state index contributed by atoms with van der Waals surface area (Å²) >= 11 is 7.00. The van der Waals surface area contributed by atoms with E-state index >= 15 is 0 Å². The molecule has 0 aliphatic rings. The minimum atomic E-state index is -1.03. The smallest absolute Gasteiger partial charge is 0.347 e. The van der Waals surface area contributed by atoms with Crippen LogP contribution in [0.5, 0.6) is 0 Å². The number of carbonyl (C=O) groups excluding carboxylic acids is 1. The van der Waals surface area contributed by atoms with Gasteiger partial charge in [-0.3, -0.25) is 4.79 Å². The highest BCUT2D eigenvalue weighted by Crippen LogP contribution is 2.27. The fraction of sp³-hybridized carbons (Fsp3) is 0.214. The average Bonchev–Trinajstić information content (AvgIpc) is 2.82. The molecule has 0 radical (unpaired) electrons. The Kier molecular flexibility index (Phi) is 4.59. The van der Waals surface area contributed by atoms with E-state index in [9.17, 15) is 9.59 Å². The Balaban J connectivity index is 2.18. The number of anilines is 1. The van der Waals surface area contributed by atoms with E-state index in [2.05, 4.69) is 10.3 Å². The van der Waals surface area contributed by atoms with Crippen LogP contribution in [-0.4, -0.2) is 22.0 Å². The lowest BCUT2D eigenvalue weighted by molar-refractivity contribution is -0.117. The van der Waals surface area contributed by atoms with Gasteiger partial charge in [-0.1, -0.05) is 23.7 Å². The number of nitrogens with one attached hydrogen (secondary N) is 1. The number of aryl methyl sites for hydroxylation is 1. The van der Waals surface area contributed by atoms with E-state index in [1.54, 1.807) is 38.1 Å². The number of aromatic carboxylic acids is 1. The van der Waals surface area contributed by atoms with Crippen molar-refractivity contribution >= 4 is 40.5 Å². The zero-order chi connectivity index (χ0) is 15.6. The predicted molar refractivity (Wildman–Crippen MR) is 82.3 cm³/mol. The Morgan fingerprint density at radius 3 is 2.62 bits per heavy atom. The zero-order valence-electron chi connectivity index (χ0n) is 11.4. The highest BCUT2D eigenvalue weighted by Gasteiger charge is 2.23. The number of hydrogen-bond acceptors (Lipinski definition) is 4. The number of aromatic nitrogens is 1. The molecule has 1 amide bonds. The summed E-state index contributed by atoms with van der Waals surface area (Å²) in [7, 11) is 0. The maximum Gasteiger partial charge on any atom is 0.347 e. The molecule has 0 aliphatic carbocycles. The molecule has 2 rings (SSSR count). The molecule has 0 spiro atoms. The SMILES string of the molecule is Cc1nc([C@@H](C)C(=O)Nc2ccccc2Cl)sc1C(=O)O. The number of nitrogens with zero attached hydrogens (tertiary/aromatic N) is 1. The van der Waals surface area contributed by atoms with Gasteiger partial charge >= 0.3 is 5.97 Å². The third-order valence-electron chi connectivity index (χ3n) is 2.90. The molecular formula is C14H13ClN2O3S. The third kappa shape index (κ3) is 3.40. The van der Waals surface area contributed by atoms with Gasteiger partial charge in [-0.25, -0.2) is 9.78 Å². The third-order valence-corrected chi connectivity index (χ3v) is 4.56. The van der Waals surface area contributed by atoms with Gasteiger partial charge in [-0.05, 0) is 26.0 Å². The molecule has 0 aliphatic heterocycles. The topological polar surface area (TPSA) is 79.3 Å². The van der Waals surface area contributed by atoms with E-state index in [0.29, 0.717) is 21.4 Å². The van der Waals surface area contributed by atoms with Crippen molar-refractivity contribution in [1.29, 1.82) is 0 Å². The second-order valence-corrected chi connectivity index (χ2v) is 5.90. The fourth-order valence-electron chi connectivity index (χ4n) is 1.72. The van der Waals surface area contributed by atoms with E-state index in [-0.39, 0.29) is 10.8 Å². The standard InChI is InChI=1S/C14H13ClN2O3S/c1-7(13-16-8(2)11(21-13)14(19)20)12(18)17-10-6-4-3-5-9(10)15/h3-7H,1-2H3,(H,17,18)(H,19,20)/t7-/m0/s1. The quantitative estimate of drug-likeness (QED) is 0.901. The molecule has 21 heavy (non-hydrogen) atoms. The number of carbonyl (C=O) groups is 2. The van der Waals surface area contributed by atoms with Gasteiger partial charge in [0.25, 0.3) is 0 Å². The van der Waals surface area contributed by atoms with E-state index in [0.717, 1.165) is 11.3 Å². The Bertz CT molecular complexity index is 699. The maximum absolute atomic E-state index is 12.2. The first kappa shape index (κ1) is 15.5. The Morgan fingerprint density at radius 1 is 1.38 bits per heavy atom. The number of benzene rings is 1. The molecule has 0 saturated carbocycles. The summed E-state index contributed by atoms with van der Waals surface area (Å²) in [5.41, 5.74) is 0.933. The molecule has 0 bridgehead atoms. The van der Waals surface area contributed by atoms with Gasteiger partial charge in [0, 0.05) is 0 Å². The van der Waals surface area contributed by atoms with Crippen LogP contribution in [0.2, 0.25) is 5.02 Å². The van der Waals surface area contributed by atoms with E-state index in [1.807, 2.05) is 0 Å². The normalized spacial score (nSPS) is 12.0. The zero-order valence-corrected chi connectivity index (χ0v) is 13.0. The summed E-state index contributed by atoms with van der Waals surface area (Å²) in [5.74, 6) is -1.87. The summed E-state index contributed by atoms with van der Waals surface area (Å²) in [6.07, 6.45) is 0. The molecule has 2 N–H and O–H groups in total. The van der Waals surface area contributed by atoms with Gasteiger partial charge in [0.15, 0.2) is 0 Å². The number of para-hydroxylation sites is 1. The lowest BCUT2D eigenvalue weighted by Gasteiger charge is -2.10. The van der Waals surface area contributed by atoms with Crippen molar-refractivity contribution in [1.82, 2.24) is 4.98 Å². The molecule has 1 atom stereocenters. The Hall–Kier alpha value is -1.92. The lowest BCUT2D eigenvalue weighted by Crippen LogP contribution is -2.18. The maximum atomic E-state index is 12.2. The molecule has 110 valence electrons. The molecule has 0 unspecified atom stereocenters. The lowest BCUT2D eigenvalue weighted by atomic mass is 10.1. The van der Waals surface area contributed by atoms with Crippen LogP contribution < -0.4 is 5.32 Å². The monoisotopic (exact) mass is 324 g/mol. The van der Waals surface area contributed by atoms with Crippen LogP contribution in [0.1, 0.15) is 33.2 Å². The van der Waals surface area contributed by atoms with Crippen molar-refractivity contribution in [2.45, 2.75) is 19.8 Å². The van der Waals surface area contributed by atoms with Crippen LogP contribution in [0.15, 0.2) is 24.3 Å². The summed E-state index contributed by atoms with van der Waals surface area (Å²) in [6, 6.07) is 6.91. The fourth-order valence-corrected chi connectivity index (χ4v) is 2.86. The molecule has 7 heteroatoms. The molecule has 1 aromatic heterocycles. The van der Waals surface area contributed by atoms with Crippen molar-refractivity contribution in [3.8, 4) is 0 Å². The highest BCUT2D eigenvalue weighted by atomic mass is 35.5. The largest absolute Gasteiger partial charge is 0.477 e. The molecule has 5 nitrogen and oxygen atoms in total. The summed E-state index contributed by atoms with van der Waals surface area (Å²) < 4.78 is 0. The molecule has 1 aromatic carbocycles. The van der Waals surface area contributed by atoms with Gasteiger partial charge in [0.05, 0.1) is 22.3 Å². The van der Waals surface area contributed by atoms with Crippen LogP contribution >= 0.6 is 22.9 Å². The first-order chi connectivity index (χ1) is 9.90. The minimum absolute atomic E-state index is 0.155. The first-order valence-corrected chi connectivity index (χ1v) is 7.35. The van der Waals surface area contributed by atoms with Crippen LogP contribution in [0.4, 0.5) is 5.69 Å². The van der Waals surface area contributed by atoms with Crippen LogP contribution in [0.3, 0.4) is 0 Å². The predicted octanol–water partition coefficient (Wildman–Crippen LogP) is 3.55. The average molecular weight is 325 g/mol. The second kappa shape index (κ2) is 6.24. The summed E-state index contributed by atoms with van der Waals surface area (Å²) in [4.78, 5) is 27.5. The molecule has 1 heterocycles. The molecular weight excluding hydrogens is 312 g/mol. The van der Waals surface area contributed by atoms with Crippen LogP contribution in [-0.2, 0) is 4.79 Å². The van der Waals surface area contributed by atoms with Crippen molar-refractivity contribution in [3.05, 3.63) is 44.9 Å². The Labute approximate surface area is 130 Å². The van der Waals surface area contributed by atoms with E-state index in [1.165, 1.54) is 0 Å². The number of carboxylic acid groups (broad SMARTS) is 1. The van der Waals surface area contributed by atoms with Crippen molar-refractivity contribution < 1.29 is 14.7 Å². The van der Waals surface area contributed by atoms with Crippen molar-refractivity contribution in [3.63, 3.8) is 0 Å². The number of carboxylic acids is 1. The first-order valence-electron chi connectivity index (χ1n) is 6.16.